The molecule has 0 aliphatic heterocycles. The Labute approximate surface area is 89.0 Å². The minimum Gasteiger partial charge on any atom is -0.508 e. The monoisotopic (exact) mass is 206 g/mol. The van der Waals surface area contributed by atoms with Crippen LogP contribution in [-0.4, -0.2) is 17.7 Å². The summed E-state index contributed by atoms with van der Waals surface area (Å²) in [5, 5.41) is 9.31. The topological polar surface area (TPSA) is 46.5 Å². The van der Waals surface area contributed by atoms with Gasteiger partial charge in [-0.15, -0.1) is 0 Å². The van der Waals surface area contributed by atoms with E-state index in [1.165, 1.54) is 6.08 Å². The summed E-state index contributed by atoms with van der Waals surface area (Å²) in [5.74, 6) is -0.183. The van der Waals surface area contributed by atoms with E-state index in [4.69, 9.17) is 4.74 Å². The molecule has 1 aromatic carbocycles. The lowest BCUT2D eigenvalue weighted by molar-refractivity contribution is -0.137. The molecule has 3 nitrogen and oxygen atoms in total. The van der Waals surface area contributed by atoms with Crippen LogP contribution < -0.4 is 0 Å². The Kier molecular flexibility index (Phi) is 3.92. The van der Waals surface area contributed by atoms with Crippen molar-refractivity contribution in [3.63, 3.8) is 0 Å². The fourth-order valence-electron chi connectivity index (χ4n) is 1.24. The lowest BCUT2D eigenvalue weighted by Gasteiger charge is -1.99. The lowest BCUT2D eigenvalue weighted by Crippen LogP contribution is -1.98. The zero-order valence-electron chi connectivity index (χ0n) is 8.86. The third-order valence-corrected chi connectivity index (χ3v) is 1.78. The first kappa shape index (κ1) is 11.3. The van der Waals surface area contributed by atoms with Crippen molar-refractivity contribution in [2.45, 2.75) is 13.8 Å². The van der Waals surface area contributed by atoms with E-state index in [-0.39, 0.29) is 11.7 Å². The average molecular weight is 206 g/mol. The maximum absolute atomic E-state index is 11.0. The predicted molar refractivity (Wildman–Crippen MR) is 58.5 cm³/mol. The van der Waals surface area contributed by atoms with Crippen molar-refractivity contribution in [2.24, 2.45) is 0 Å². The maximum atomic E-state index is 11.0. The summed E-state index contributed by atoms with van der Waals surface area (Å²) in [6.07, 6.45) is 2.96. The molecule has 0 saturated heterocycles. The van der Waals surface area contributed by atoms with Gasteiger partial charge in [-0.2, -0.15) is 0 Å². The summed E-state index contributed by atoms with van der Waals surface area (Å²) in [5.41, 5.74) is 1.72. The Morgan fingerprint density at radius 2 is 2.20 bits per heavy atom. The molecule has 1 N–H and O–H groups in total. The minimum atomic E-state index is -0.376. The number of hydrogen-bond acceptors (Lipinski definition) is 3. The summed E-state index contributed by atoms with van der Waals surface area (Å²) < 4.78 is 4.74. The fraction of sp³-hybridized carbons (Fsp3) is 0.250. The van der Waals surface area contributed by atoms with Crippen molar-refractivity contribution in [3.05, 3.63) is 35.4 Å². The highest BCUT2D eigenvalue weighted by atomic mass is 16.5. The SMILES string of the molecule is CCOC(=O)C=Cc1cc(C)cc(O)c1. The number of carbonyl (C=O) groups is 1. The fourth-order valence-corrected chi connectivity index (χ4v) is 1.24. The quantitative estimate of drug-likeness (QED) is 0.609. The smallest absolute Gasteiger partial charge is 0.330 e. The van der Waals surface area contributed by atoms with Gasteiger partial charge in [-0.3, -0.25) is 0 Å². The van der Waals surface area contributed by atoms with Gasteiger partial charge in [0.2, 0.25) is 0 Å². The van der Waals surface area contributed by atoms with E-state index in [0.717, 1.165) is 11.1 Å². The number of esters is 1. The second-order valence-electron chi connectivity index (χ2n) is 3.19. The number of phenolic OH excluding ortho intramolecular Hbond substituents is 1. The number of carbonyl (C=O) groups excluding carboxylic acids is 1. The zero-order chi connectivity index (χ0) is 11.3. The molecule has 0 aliphatic rings. The van der Waals surface area contributed by atoms with E-state index in [1.54, 1.807) is 25.1 Å². The Morgan fingerprint density at radius 3 is 2.80 bits per heavy atom. The number of aryl methyl sites for hydroxylation is 1. The van der Waals surface area contributed by atoms with Crippen molar-refractivity contribution in [1.29, 1.82) is 0 Å². The largest absolute Gasteiger partial charge is 0.508 e. The Hall–Kier alpha value is -1.77. The van der Waals surface area contributed by atoms with E-state index in [9.17, 15) is 9.90 Å². The van der Waals surface area contributed by atoms with Crippen LogP contribution in [0.15, 0.2) is 24.3 Å². The molecule has 0 aromatic heterocycles. The van der Waals surface area contributed by atoms with Gasteiger partial charge in [0.15, 0.2) is 0 Å². The van der Waals surface area contributed by atoms with E-state index in [1.807, 2.05) is 13.0 Å². The van der Waals surface area contributed by atoms with Crippen molar-refractivity contribution < 1.29 is 14.6 Å². The maximum Gasteiger partial charge on any atom is 0.330 e. The molecule has 0 atom stereocenters. The highest BCUT2D eigenvalue weighted by Gasteiger charge is 1.96. The molecule has 0 fully saturated rings. The molecule has 0 bridgehead atoms. The first-order valence-electron chi connectivity index (χ1n) is 4.77. The molecular weight excluding hydrogens is 192 g/mol. The Balaban J connectivity index is 2.76. The van der Waals surface area contributed by atoms with E-state index >= 15 is 0 Å². The molecule has 1 aromatic rings. The van der Waals surface area contributed by atoms with Crippen LogP contribution >= 0.6 is 0 Å². The zero-order valence-corrected chi connectivity index (χ0v) is 8.86. The molecule has 0 unspecified atom stereocenters. The van der Waals surface area contributed by atoms with Crippen LogP contribution in [0, 0.1) is 6.92 Å². The van der Waals surface area contributed by atoms with Crippen LogP contribution in [0.4, 0.5) is 0 Å². The van der Waals surface area contributed by atoms with Crippen LogP contribution in [0.3, 0.4) is 0 Å². The average Bonchev–Trinajstić information content (AvgIpc) is 2.14. The summed E-state index contributed by atoms with van der Waals surface area (Å²) in [6, 6.07) is 5.11. The van der Waals surface area contributed by atoms with Crippen molar-refractivity contribution >= 4 is 12.0 Å². The van der Waals surface area contributed by atoms with E-state index < -0.39 is 0 Å². The standard InChI is InChI=1S/C12H14O3/c1-3-15-12(14)5-4-10-6-9(2)7-11(13)8-10/h4-8,13H,3H2,1-2H3. The van der Waals surface area contributed by atoms with Gasteiger partial charge in [-0.1, -0.05) is 6.07 Å². The third-order valence-electron chi connectivity index (χ3n) is 1.78. The van der Waals surface area contributed by atoms with Crippen molar-refractivity contribution in [2.75, 3.05) is 6.61 Å². The molecule has 0 heterocycles. The summed E-state index contributed by atoms with van der Waals surface area (Å²) in [4.78, 5) is 11.0. The van der Waals surface area contributed by atoms with Gasteiger partial charge in [0.1, 0.15) is 5.75 Å². The number of rotatable bonds is 3. The van der Waals surface area contributed by atoms with Gasteiger partial charge < -0.3 is 9.84 Å². The molecule has 0 amide bonds. The third kappa shape index (κ3) is 3.85. The van der Waals surface area contributed by atoms with Gasteiger partial charge in [0.25, 0.3) is 0 Å². The summed E-state index contributed by atoms with van der Waals surface area (Å²) in [6.45, 7) is 3.99. The Bertz CT molecular complexity index is 360. The number of aromatic hydroxyl groups is 1. The van der Waals surface area contributed by atoms with Crippen molar-refractivity contribution in [3.8, 4) is 5.75 Å². The van der Waals surface area contributed by atoms with Crippen LogP contribution in [-0.2, 0) is 9.53 Å². The number of phenols is 1. The summed E-state index contributed by atoms with van der Waals surface area (Å²) >= 11 is 0. The van der Waals surface area contributed by atoms with Gasteiger partial charge in [-0.25, -0.2) is 4.79 Å². The van der Waals surface area contributed by atoms with Gasteiger partial charge >= 0.3 is 5.97 Å². The molecule has 0 aliphatic carbocycles. The molecular formula is C12H14O3. The highest BCUT2D eigenvalue weighted by molar-refractivity contribution is 5.87. The Morgan fingerprint density at radius 1 is 1.47 bits per heavy atom. The molecule has 15 heavy (non-hydrogen) atoms. The van der Waals surface area contributed by atoms with Gasteiger partial charge in [0.05, 0.1) is 6.61 Å². The van der Waals surface area contributed by atoms with Crippen LogP contribution in [0.25, 0.3) is 6.08 Å². The second kappa shape index (κ2) is 5.20. The van der Waals surface area contributed by atoms with Crippen molar-refractivity contribution in [1.82, 2.24) is 0 Å². The molecule has 3 heteroatoms. The number of benzene rings is 1. The molecule has 0 saturated carbocycles. The molecule has 0 radical (unpaired) electrons. The predicted octanol–water partition coefficient (Wildman–Crippen LogP) is 2.28. The van der Waals surface area contributed by atoms with Gasteiger partial charge in [-0.05, 0) is 43.2 Å². The van der Waals surface area contributed by atoms with E-state index in [2.05, 4.69) is 0 Å². The lowest BCUT2D eigenvalue weighted by atomic mass is 10.1. The molecule has 0 spiro atoms. The summed E-state index contributed by atoms with van der Waals surface area (Å²) in [7, 11) is 0. The second-order valence-corrected chi connectivity index (χ2v) is 3.19. The van der Waals surface area contributed by atoms with Gasteiger partial charge in [0, 0.05) is 6.08 Å². The molecule has 80 valence electrons. The normalized spacial score (nSPS) is 10.5. The van der Waals surface area contributed by atoms with Crippen LogP contribution in [0.1, 0.15) is 18.1 Å². The molecule has 1 rings (SSSR count). The number of ether oxygens (including phenoxy) is 1. The first-order valence-corrected chi connectivity index (χ1v) is 4.77. The first-order chi connectivity index (χ1) is 7.11. The number of hydrogen-bond donors (Lipinski definition) is 1. The van der Waals surface area contributed by atoms with E-state index in [0.29, 0.717) is 6.61 Å². The van der Waals surface area contributed by atoms with Crippen LogP contribution in [0.2, 0.25) is 0 Å². The highest BCUT2D eigenvalue weighted by Crippen LogP contribution is 2.15. The minimum absolute atomic E-state index is 0.193. The van der Waals surface area contributed by atoms with Crippen LogP contribution in [0.5, 0.6) is 5.75 Å².